The number of carboxylic acids is 1. The minimum atomic E-state index is -0.933. The molecule has 0 aliphatic carbocycles. The minimum Gasteiger partial charge on any atom is -0.492 e. The molecule has 0 saturated carbocycles. The number of ether oxygens (including phenoxy) is 1. The molecule has 104 valence electrons. The van der Waals surface area contributed by atoms with Crippen LogP contribution in [-0.4, -0.2) is 42.3 Å². The van der Waals surface area contributed by atoms with Gasteiger partial charge in [-0.25, -0.2) is 9.80 Å². The maximum Gasteiger partial charge on any atom is 0.335 e. The van der Waals surface area contributed by atoms with Gasteiger partial charge in [-0.15, -0.1) is 0 Å². The number of aromatic carboxylic acids is 1. The number of hydrazine groups is 1. The Kier molecular flexibility index (Phi) is 5.18. The van der Waals surface area contributed by atoms with Gasteiger partial charge in [-0.1, -0.05) is 12.5 Å². The molecule has 1 aromatic rings. The molecule has 2 N–H and O–H groups in total. The maximum atomic E-state index is 10.8. The van der Waals surface area contributed by atoms with Crippen molar-refractivity contribution >= 4 is 5.97 Å². The van der Waals surface area contributed by atoms with E-state index in [0.29, 0.717) is 12.4 Å². The lowest BCUT2D eigenvalue weighted by Gasteiger charge is -2.27. The molecule has 0 unspecified atom stereocenters. The lowest BCUT2D eigenvalue weighted by Crippen LogP contribution is -2.43. The monoisotopic (exact) mass is 264 g/mol. The van der Waals surface area contributed by atoms with Crippen LogP contribution in [0.5, 0.6) is 5.75 Å². The molecule has 0 amide bonds. The van der Waals surface area contributed by atoms with Gasteiger partial charge in [0.05, 0.1) is 5.56 Å². The van der Waals surface area contributed by atoms with Crippen molar-refractivity contribution in [2.75, 3.05) is 26.2 Å². The number of carbonyl (C=O) groups is 1. The predicted octanol–water partition coefficient (Wildman–Crippen LogP) is 1.75. The minimum absolute atomic E-state index is 0.251. The zero-order chi connectivity index (χ0) is 13.5. The summed E-state index contributed by atoms with van der Waals surface area (Å²) in [5.41, 5.74) is 3.57. The predicted molar refractivity (Wildman–Crippen MR) is 72.3 cm³/mol. The molecule has 1 aliphatic rings. The van der Waals surface area contributed by atoms with Crippen LogP contribution in [0.2, 0.25) is 0 Å². The zero-order valence-electron chi connectivity index (χ0n) is 11.0. The van der Waals surface area contributed by atoms with E-state index < -0.39 is 5.97 Å². The number of hydrogen-bond donors (Lipinski definition) is 2. The Hall–Kier alpha value is -1.59. The van der Waals surface area contributed by atoms with Crippen LogP contribution in [0.3, 0.4) is 0 Å². The first-order valence-electron chi connectivity index (χ1n) is 6.70. The number of nitrogens with zero attached hydrogens (tertiary/aromatic N) is 1. The third kappa shape index (κ3) is 4.54. The Morgan fingerprint density at radius 1 is 1.32 bits per heavy atom. The van der Waals surface area contributed by atoms with Crippen molar-refractivity contribution in [3.63, 3.8) is 0 Å². The summed E-state index contributed by atoms with van der Waals surface area (Å²) in [5.74, 6) is -0.336. The first-order valence-corrected chi connectivity index (χ1v) is 6.70. The summed E-state index contributed by atoms with van der Waals surface area (Å²) in [4.78, 5) is 10.8. The standard InChI is InChI=1S/C14H20N2O3/c17-14(18)12-5-4-6-13(11-12)19-10-7-15-16-8-2-1-3-9-16/h4-6,11,15H,1-3,7-10H2,(H,17,18). The van der Waals surface area contributed by atoms with Gasteiger partial charge in [0.2, 0.25) is 0 Å². The summed E-state index contributed by atoms with van der Waals surface area (Å²) in [6.07, 6.45) is 3.81. The van der Waals surface area contributed by atoms with Crippen molar-refractivity contribution in [3.8, 4) is 5.75 Å². The van der Waals surface area contributed by atoms with Gasteiger partial charge < -0.3 is 9.84 Å². The van der Waals surface area contributed by atoms with Crippen molar-refractivity contribution in [1.82, 2.24) is 10.4 Å². The molecule has 5 heteroatoms. The summed E-state index contributed by atoms with van der Waals surface area (Å²) in [5, 5.41) is 11.1. The van der Waals surface area contributed by atoms with Crippen LogP contribution < -0.4 is 10.2 Å². The average molecular weight is 264 g/mol. The second-order valence-corrected chi connectivity index (χ2v) is 4.64. The van der Waals surface area contributed by atoms with Gasteiger partial charge >= 0.3 is 5.97 Å². The van der Waals surface area contributed by atoms with E-state index >= 15 is 0 Å². The fourth-order valence-corrected chi connectivity index (χ4v) is 2.14. The van der Waals surface area contributed by atoms with Gasteiger partial charge in [0, 0.05) is 19.6 Å². The first-order chi connectivity index (χ1) is 9.25. The number of benzene rings is 1. The van der Waals surface area contributed by atoms with Gasteiger partial charge in [-0.05, 0) is 31.0 Å². The number of hydrogen-bond acceptors (Lipinski definition) is 4. The summed E-state index contributed by atoms with van der Waals surface area (Å²) >= 11 is 0. The Labute approximate surface area is 113 Å². The van der Waals surface area contributed by atoms with E-state index in [0.717, 1.165) is 19.6 Å². The molecule has 2 rings (SSSR count). The lowest BCUT2D eigenvalue weighted by atomic mass is 10.2. The zero-order valence-corrected chi connectivity index (χ0v) is 11.0. The van der Waals surface area contributed by atoms with Crippen molar-refractivity contribution < 1.29 is 14.6 Å². The number of rotatable bonds is 6. The highest BCUT2D eigenvalue weighted by Gasteiger charge is 2.08. The van der Waals surface area contributed by atoms with Crippen molar-refractivity contribution in [2.45, 2.75) is 19.3 Å². The topological polar surface area (TPSA) is 61.8 Å². The second kappa shape index (κ2) is 7.11. The van der Waals surface area contributed by atoms with Crippen LogP contribution in [0, 0.1) is 0 Å². The molecule has 0 spiro atoms. The summed E-state index contributed by atoms with van der Waals surface area (Å²) in [6, 6.07) is 6.56. The number of carboxylic acid groups (broad SMARTS) is 1. The first kappa shape index (κ1) is 13.8. The number of piperidine rings is 1. The third-order valence-electron chi connectivity index (χ3n) is 3.14. The van der Waals surface area contributed by atoms with E-state index in [2.05, 4.69) is 10.4 Å². The molecule has 1 aliphatic heterocycles. The fraction of sp³-hybridized carbons (Fsp3) is 0.500. The van der Waals surface area contributed by atoms with E-state index in [1.54, 1.807) is 24.3 Å². The van der Waals surface area contributed by atoms with Gasteiger partial charge in [0.15, 0.2) is 0 Å². The van der Waals surface area contributed by atoms with Crippen molar-refractivity contribution in [3.05, 3.63) is 29.8 Å². The number of nitrogens with one attached hydrogen (secondary N) is 1. The molecular weight excluding hydrogens is 244 g/mol. The van der Waals surface area contributed by atoms with E-state index in [4.69, 9.17) is 9.84 Å². The largest absolute Gasteiger partial charge is 0.492 e. The third-order valence-corrected chi connectivity index (χ3v) is 3.14. The highest BCUT2D eigenvalue weighted by atomic mass is 16.5. The molecule has 0 bridgehead atoms. The van der Waals surface area contributed by atoms with Crippen LogP contribution in [0.25, 0.3) is 0 Å². The normalized spacial score (nSPS) is 16.2. The van der Waals surface area contributed by atoms with Gasteiger partial charge in [-0.3, -0.25) is 5.43 Å². The van der Waals surface area contributed by atoms with Gasteiger partial charge in [0.25, 0.3) is 0 Å². The Morgan fingerprint density at radius 2 is 2.11 bits per heavy atom. The Morgan fingerprint density at radius 3 is 2.84 bits per heavy atom. The van der Waals surface area contributed by atoms with E-state index in [1.165, 1.54) is 19.3 Å². The van der Waals surface area contributed by atoms with E-state index in [-0.39, 0.29) is 5.56 Å². The molecule has 0 aromatic heterocycles. The maximum absolute atomic E-state index is 10.8. The average Bonchev–Trinajstić information content (AvgIpc) is 2.45. The Bertz CT molecular complexity index is 417. The molecule has 1 aromatic carbocycles. The smallest absolute Gasteiger partial charge is 0.335 e. The summed E-state index contributed by atoms with van der Waals surface area (Å²) in [7, 11) is 0. The van der Waals surface area contributed by atoms with Crippen LogP contribution in [0.1, 0.15) is 29.6 Å². The summed E-state index contributed by atoms with van der Waals surface area (Å²) < 4.78 is 5.54. The van der Waals surface area contributed by atoms with Gasteiger partial charge in [-0.2, -0.15) is 0 Å². The highest BCUT2D eigenvalue weighted by Crippen LogP contribution is 2.13. The molecular formula is C14H20N2O3. The van der Waals surface area contributed by atoms with Crippen LogP contribution >= 0.6 is 0 Å². The van der Waals surface area contributed by atoms with Gasteiger partial charge in [0.1, 0.15) is 12.4 Å². The molecule has 5 nitrogen and oxygen atoms in total. The Balaban J connectivity index is 1.70. The van der Waals surface area contributed by atoms with Crippen molar-refractivity contribution in [1.29, 1.82) is 0 Å². The molecule has 0 atom stereocenters. The van der Waals surface area contributed by atoms with E-state index in [1.807, 2.05) is 0 Å². The highest BCUT2D eigenvalue weighted by molar-refractivity contribution is 5.87. The quantitative estimate of drug-likeness (QED) is 0.767. The molecule has 19 heavy (non-hydrogen) atoms. The van der Waals surface area contributed by atoms with Crippen molar-refractivity contribution in [2.24, 2.45) is 0 Å². The fourth-order valence-electron chi connectivity index (χ4n) is 2.14. The summed E-state index contributed by atoms with van der Waals surface area (Å²) in [6.45, 7) is 3.44. The van der Waals surface area contributed by atoms with Crippen LogP contribution in [-0.2, 0) is 0 Å². The van der Waals surface area contributed by atoms with Crippen LogP contribution in [0.4, 0.5) is 0 Å². The van der Waals surface area contributed by atoms with E-state index in [9.17, 15) is 4.79 Å². The molecule has 1 saturated heterocycles. The molecule has 1 fully saturated rings. The van der Waals surface area contributed by atoms with Crippen LogP contribution in [0.15, 0.2) is 24.3 Å². The molecule has 0 radical (unpaired) electrons. The SMILES string of the molecule is O=C(O)c1cccc(OCCNN2CCCCC2)c1. The lowest BCUT2D eigenvalue weighted by molar-refractivity contribution is 0.0696. The molecule has 1 heterocycles. The second-order valence-electron chi connectivity index (χ2n) is 4.64.